The molecule has 0 radical (unpaired) electrons. The summed E-state index contributed by atoms with van der Waals surface area (Å²) in [6.45, 7) is 0. The molecule has 0 spiro atoms. The van der Waals surface area contributed by atoms with Crippen LogP contribution in [-0.2, 0) is 0 Å². The number of hydrogen-bond donors (Lipinski definition) is 0. The van der Waals surface area contributed by atoms with E-state index in [2.05, 4.69) is 149 Å². The van der Waals surface area contributed by atoms with Gasteiger partial charge in [0.15, 0.2) is 11.6 Å². The Hall–Kier alpha value is -7.37. The molecule has 9 aromatic carbocycles. The molecule has 0 aliphatic rings. The Morgan fingerprint density at radius 1 is 0.333 bits per heavy atom. The number of aromatic nitrogens is 5. The van der Waals surface area contributed by atoms with Crippen molar-refractivity contribution in [2.24, 2.45) is 0 Å². The molecule has 0 bridgehead atoms. The van der Waals surface area contributed by atoms with Gasteiger partial charge in [-0.2, -0.15) is 9.97 Å². The van der Waals surface area contributed by atoms with Gasteiger partial charge in [0.2, 0.25) is 5.95 Å². The molecule has 0 fully saturated rings. The molecule has 250 valence electrons. The van der Waals surface area contributed by atoms with Crippen LogP contribution in [-0.4, -0.2) is 24.1 Å². The van der Waals surface area contributed by atoms with E-state index in [4.69, 9.17) is 15.0 Å². The fourth-order valence-electron chi connectivity index (χ4n) is 8.76. The second-order valence-electron chi connectivity index (χ2n) is 14.1. The summed E-state index contributed by atoms with van der Waals surface area (Å²) >= 11 is 0. The van der Waals surface area contributed by atoms with Gasteiger partial charge in [0.1, 0.15) is 0 Å². The number of para-hydroxylation sites is 1. The average Bonchev–Trinajstić information content (AvgIpc) is 3.77. The highest BCUT2D eigenvalue weighted by molar-refractivity contribution is 6.28. The number of rotatable bonds is 5. The van der Waals surface area contributed by atoms with Crippen molar-refractivity contribution >= 4 is 65.2 Å². The van der Waals surface area contributed by atoms with Crippen molar-refractivity contribution in [3.63, 3.8) is 0 Å². The molecule has 0 saturated heterocycles. The highest BCUT2D eigenvalue weighted by atomic mass is 15.2. The summed E-state index contributed by atoms with van der Waals surface area (Å²) in [6.07, 6.45) is 0. The summed E-state index contributed by atoms with van der Waals surface area (Å²) in [4.78, 5) is 15.3. The van der Waals surface area contributed by atoms with Crippen LogP contribution in [0.2, 0.25) is 0 Å². The lowest BCUT2D eigenvalue weighted by Gasteiger charge is -2.13. The molecule has 54 heavy (non-hydrogen) atoms. The minimum atomic E-state index is 0.597. The van der Waals surface area contributed by atoms with Crippen molar-refractivity contribution in [1.82, 2.24) is 24.1 Å². The van der Waals surface area contributed by atoms with E-state index in [9.17, 15) is 0 Å². The van der Waals surface area contributed by atoms with Crippen LogP contribution in [0.15, 0.2) is 176 Å². The molecule has 0 atom stereocenters. The van der Waals surface area contributed by atoms with Crippen LogP contribution in [0.3, 0.4) is 0 Å². The molecule has 0 N–H and O–H groups in total. The first-order chi connectivity index (χ1) is 26.8. The Labute approximate surface area is 309 Å². The lowest BCUT2D eigenvalue weighted by atomic mass is 9.92. The standard InChI is InChI=1S/C49H29N5/c1-4-12-32(13-5-1)47-50-48(33-14-6-2-7-15-33)52-49(51-47)54-40-21-11-17-31-24-25-38-37(26-27-41(54)46(38)44(31)40)35-28-34-23-22-30-16-10-20-39-43(30)45(34)42(29-35)53(39)36-18-8-3-9-19-36/h1-29H. The first kappa shape index (κ1) is 29.2. The van der Waals surface area contributed by atoms with Crippen molar-refractivity contribution in [2.45, 2.75) is 0 Å². The van der Waals surface area contributed by atoms with Crippen LogP contribution in [0, 0.1) is 0 Å². The molecular formula is C49H29N5. The Morgan fingerprint density at radius 3 is 1.57 bits per heavy atom. The molecular weight excluding hydrogens is 659 g/mol. The molecule has 0 unspecified atom stereocenters. The molecule has 3 heterocycles. The molecule has 12 aromatic rings. The summed E-state index contributed by atoms with van der Waals surface area (Å²) in [5, 5.41) is 9.92. The van der Waals surface area contributed by atoms with Crippen molar-refractivity contribution in [3.05, 3.63) is 176 Å². The maximum absolute atomic E-state index is 5.16. The van der Waals surface area contributed by atoms with E-state index in [0.717, 1.165) is 27.8 Å². The van der Waals surface area contributed by atoms with E-state index in [1.165, 1.54) is 65.3 Å². The van der Waals surface area contributed by atoms with Crippen LogP contribution in [0.25, 0.3) is 111 Å². The molecule has 0 aliphatic heterocycles. The van der Waals surface area contributed by atoms with E-state index >= 15 is 0 Å². The normalized spacial score (nSPS) is 12.1. The van der Waals surface area contributed by atoms with Crippen molar-refractivity contribution in [1.29, 1.82) is 0 Å². The van der Waals surface area contributed by atoms with Gasteiger partial charge in [-0.1, -0.05) is 133 Å². The summed E-state index contributed by atoms with van der Waals surface area (Å²) < 4.78 is 4.65. The Balaban J connectivity index is 1.14. The van der Waals surface area contributed by atoms with E-state index in [-0.39, 0.29) is 0 Å². The third kappa shape index (κ3) is 4.12. The van der Waals surface area contributed by atoms with Gasteiger partial charge in [-0.15, -0.1) is 0 Å². The van der Waals surface area contributed by atoms with E-state index in [1.807, 2.05) is 36.4 Å². The van der Waals surface area contributed by atoms with E-state index < -0.39 is 0 Å². The van der Waals surface area contributed by atoms with Crippen molar-refractivity contribution < 1.29 is 0 Å². The Bertz CT molecular complexity index is 3300. The van der Waals surface area contributed by atoms with Crippen LogP contribution in [0.1, 0.15) is 0 Å². The summed E-state index contributed by atoms with van der Waals surface area (Å²) in [5.74, 6) is 1.88. The summed E-state index contributed by atoms with van der Waals surface area (Å²) in [5.41, 5.74) is 10.0. The van der Waals surface area contributed by atoms with Gasteiger partial charge in [-0.3, -0.25) is 4.57 Å². The average molecular weight is 688 g/mol. The third-order valence-electron chi connectivity index (χ3n) is 11.1. The topological polar surface area (TPSA) is 48.5 Å². The molecule has 0 amide bonds. The van der Waals surface area contributed by atoms with Gasteiger partial charge >= 0.3 is 0 Å². The van der Waals surface area contributed by atoms with Crippen molar-refractivity contribution in [2.75, 3.05) is 0 Å². The second kappa shape index (κ2) is 11.1. The van der Waals surface area contributed by atoms with Gasteiger partial charge in [0.05, 0.1) is 22.1 Å². The minimum absolute atomic E-state index is 0.597. The maximum atomic E-state index is 5.16. The minimum Gasteiger partial charge on any atom is -0.309 e. The Morgan fingerprint density at radius 2 is 0.889 bits per heavy atom. The molecule has 3 aromatic heterocycles. The van der Waals surface area contributed by atoms with E-state index in [0.29, 0.717) is 17.6 Å². The zero-order valence-electron chi connectivity index (χ0n) is 29.0. The Kier molecular flexibility index (Phi) is 5.99. The van der Waals surface area contributed by atoms with E-state index in [1.54, 1.807) is 0 Å². The van der Waals surface area contributed by atoms with Crippen molar-refractivity contribution in [3.8, 4) is 45.5 Å². The third-order valence-corrected chi connectivity index (χ3v) is 11.1. The number of nitrogens with zero attached hydrogens (tertiary/aromatic N) is 5. The van der Waals surface area contributed by atoms with Crippen LogP contribution >= 0.6 is 0 Å². The first-order valence-electron chi connectivity index (χ1n) is 18.3. The highest BCUT2D eigenvalue weighted by Crippen LogP contribution is 2.45. The van der Waals surface area contributed by atoms with Gasteiger partial charge in [-0.25, -0.2) is 4.98 Å². The van der Waals surface area contributed by atoms with Crippen LogP contribution < -0.4 is 0 Å². The maximum Gasteiger partial charge on any atom is 0.238 e. The zero-order valence-corrected chi connectivity index (χ0v) is 29.0. The quantitative estimate of drug-likeness (QED) is 0.169. The monoisotopic (exact) mass is 687 g/mol. The van der Waals surface area contributed by atoms with Gasteiger partial charge < -0.3 is 4.57 Å². The summed E-state index contributed by atoms with van der Waals surface area (Å²) in [7, 11) is 0. The SMILES string of the molecule is c1ccc(-c2nc(-c3ccccc3)nc(-n3c4cccc5ccc6c(-c7cc8ccc9cccc%10c9c8c(c7)n%10-c7ccccc7)ccc3c6c54)n2)cc1. The van der Waals surface area contributed by atoms with Crippen LogP contribution in [0.4, 0.5) is 0 Å². The van der Waals surface area contributed by atoms with Gasteiger partial charge in [-0.05, 0) is 75.1 Å². The lowest BCUT2D eigenvalue weighted by Crippen LogP contribution is -2.06. The molecule has 5 heteroatoms. The smallest absolute Gasteiger partial charge is 0.238 e. The fourth-order valence-corrected chi connectivity index (χ4v) is 8.76. The number of benzene rings is 9. The zero-order chi connectivity index (χ0) is 35.3. The molecule has 12 rings (SSSR count). The van der Waals surface area contributed by atoms with Gasteiger partial charge in [0, 0.05) is 38.4 Å². The second-order valence-corrected chi connectivity index (χ2v) is 14.1. The predicted molar refractivity (Wildman–Crippen MR) is 222 cm³/mol. The predicted octanol–water partition coefficient (Wildman–Crippen LogP) is 12.2. The fraction of sp³-hybridized carbons (Fsp3) is 0. The molecule has 0 saturated carbocycles. The van der Waals surface area contributed by atoms with Crippen LogP contribution in [0.5, 0.6) is 0 Å². The number of hydrogen-bond acceptors (Lipinski definition) is 3. The molecule has 5 nitrogen and oxygen atoms in total. The first-order valence-corrected chi connectivity index (χ1v) is 18.3. The molecule has 0 aliphatic carbocycles. The van der Waals surface area contributed by atoms with Gasteiger partial charge in [0.25, 0.3) is 0 Å². The summed E-state index contributed by atoms with van der Waals surface area (Å²) in [6, 6.07) is 62.6. The largest absolute Gasteiger partial charge is 0.309 e. The highest BCUT2D eigenvalue weighted by Gasteiger charge is 2.23. The lowest BCUT2D eigenvalue weighted by molar-refractivity contribution is 0.954.